The van der Waals surface area contributed by atoms with Crippen molar-refractivity contribution < 1.29 is 19.1 Å². The third-order valence-electron chi connectivity index (χ3n) is 4.42. The minimum absolute atomic E-state index is 0.143. The fourth-order valence-corrected chi connectivity index (χ4v) is 4.00. The first-order chi connectivity index (χ1) is 15.1. The van der Waals surface area contributed by atoms with Gasteiger partial charge in [0.15, 0.2) is 0 Å². The zero-order valence-electron chi connectivity index (χ0n) is 16.4. The maximum absolute atomic E-state index is 12.7. The van der Waals surface area contributed by atoms with E-state index in [2.05, 4.69) is 0 Å². The Morgan fingerprint density at radius 1 is 0.903 bits per heavy atom. The molecule has 156 valence electrons. The largest absolute Gasteiger partial charge is 0.490 e. The molecule has 0 radical (unpaired) electrons. The predicted octanol–water partition coefficient (Wildman–Crippen LogP) is 6.25. The zero-order chi connectivity index (χ0) is 21.6. The van der Waals surface area contributed by atoms with Gasteiger partial charge in [-0.2, -0.15) is 0 Å². The van der Waals surface area contributed by atoms with E-state index in [0.29, 0.717) is 21.4 Å². The van der Waals surface area contributed by atoms with Gasteiger partial charge in [0.1, 0.15) is 23.9 Å². The van der Waals surface area contributed by atoms with Crippen molar-refractivity contribution in [2.24, 2.45) is 0 Å². The number of nitrogens with zero attached hydrogens (tertiary/aromatic N) is 1. The van der Waals surface area contributed by atoms with Crippen LogP contribution in [0.2, 0.25) is 5.02 Å². The van der Waals surface area contributed by atoms with Crippen LogP contribution in [-0.4, -0.2) is 29.2 Å². The number of benzene rings is 3. The van der Waals surface area contributed by atoms with Crippen molar-refractivity contribution in [2.45, 2.75) is 0 Å². The van der Waals surface area contributed by atoms with Gasteiger partial charge >= 0.3 is 0 Å². The number of hydrogen-bond donors (Lipinski definition) is 0. The first-order valence-corrected chi connectivity index (χ1v) is 10.8. The van der Waals surface area contributed by atoms with Gasteiger partial charge in [-0.05, 0) is 59.8 Å². The molecule has 0 saturated carbocycles. The lowest BCUT2D eigenvalue weighted by Crippen LogP contribution is -2.32. The summed E-state index contributed by atoms with van der Waals surface area (Å²) in [5.41, 5.74) is 0.770. The average molecular weight is 452 g/mol. The minimum atomic E-state index is -0.341. The number of thioether (sulfide) groups is 1. The van der Waals surface area contributed by atoms with Crippen LogP contribution in [0, 0.1) is 0 Å². The van der Waals surface area contributed by atoms with E-state index in [1.807, 2.05) is 54.6 Å². The van der Waals surface area contributed by atoms with Gasteiger partial charge in [0.25, 0.3) is 11.1 Å². The molecule has 0 unspecified atom stereocenters. The Labute approximate surface area is 189 Å². The monoisotopic (exact) mass is 451 g/mol. The summed E-state index contributed by atoms with van der Waals surface area (Å²) in [5, 5.41) is 0.157. The number of carbonyl (C=O) groups is 2. The molecule has 0 atom stereocenters. The summed E-state index contributed by atoms with van der Waals surface area (Å²) < 4.78 is 11.4. The Morgan fingerprint density at radius 3 is 2.45 bits per heavy atom. The lowest BCUT2D eigenvalue weighted by atomic mass is 10.2. The number of imide groups is 1. The normalized spacial score (nSPS) is 14.9. The second-order valence-electron chi connectivity index (χ2n) is 6.60. The van der Waals surface area contributed by atoms with Gasteiger partial charge in [-0.3, -0.25) is 14.5 Å². The summed E-state index contributed by atoms with van der Waals surface area (Å²) in [7, 11) is 0. The van der Waals surface area contributed by atoms with Crippen molar-refractivity contribution in [1.82, 2.24) is 4.90 Å². The van der Waals surface area contributed by atoms with Gasteiger partial charge in [-0.25, -0.2) is 0 Å². The van der Waals surface area contributed by atoms with E-state index in [1.54, 1.807) is 30.3 Å². The van der Waals surface area contributed by atoms with Gasteiger partial charge in [-0.15, -0.1) is 0 Å². The molecule has 1 heterocycles. The van der Waals surface area contributed by atoms with E-state index in [9.17, 15) is 9.59 Å². The smallest absolute Gasteiger partial charge is 0.293 e. The van der Waals surface area contributed by atoms with Crippen molar-refractivity contribution in [3.8, 4) is 17.2 Å². The van der Waals surface area contributed by atoms with Crippen LogP contribution in [0.15, 0.2) is 83.8 Å². The van der Waals surface area contributed by atoms with Crippen LogP contribution in [0.3, 0.4) is 0 Å². The first kappa shape index (κ1) is 21.0. The van der Waals surface area contributed by atoms with E-state index in [4.69, 9.17) is 21.1 Å². The predicted molar refractivity (Wildman–Crippen MR) is 123 cm³/mol. The summed E-state index contributed by atoms with van der Waals surface area (Å²) in [4.78, 5) is 26.6. The average Bonchev–Trinajstić information content (AvgIpc) is 3.03. The molecule has 0 bridgehead atoms. The highest BCUT2D eigenvalue weighted by Crippen LogP contribution is 2.33. The van der Waals surface area contributed by atoms with Crippen molar-refractivity contribution in [3.63, 3.8) is 0 Å². The maximum Gasteiger partial charge on any atom is 0.293 e. The molecule has 0 spiro atoms. The standard InChI is InChI=1S/C24H18ClNO4S/c25-20-11-4-5-12-21(20)29-14-13-26-23(27)22(31-24(26)28)16-17-7-6-10-19(15-17)30-18-8-2-1-3-9-18/h1-12,15-16H,13-14H2/b22-16-. The molecule has 31 heavy (non-hydrogen) atoms. The summed E-state index contributed by atoms with van der Waals surface area (Å²) in [5.74, 6) is 1.54. The van der Waals surface area contributed by atoms with Crippen LogP contribution >= 0.6 is 23.4 Å². The van der Waals surface area contributed by atoms with Crippen LogP contribution in [0.25, 0.3) is 6.08 Å². The lowest BCUT2D eigenvalue weighted by molar-refractivity contribution is -0.123. The Bertz CT molecular complexity index is 1130. The maximum atomic E-state index is 12.7. The van der Waals surface area contributed by atoms with E-state index in [-0.39, 0.29) is 24.3 Å². The molecule has 3 aromatic rings. The summed E-state index contributed by atoms with van der Waals surface area (Å²) in [6.45, 7) is 0.305. The lowest BCUT2D eigenvalue weighted by Gasteiger charge is -2.13. The van der Waals surface area contributed by atoms with Gasteiger partial charge in [0, 0.05) is 0 Å². The molecule has 1 aliphatic rings. The third kappa shape index (κ3) is 5.29. The molecule has 0 aromatic heterocycles. The number of hydrogen-bond acceptors (Lipinski definition) is 5. The van der Waals surface area contributed by atoms with Gasteiger partial charge in [-0.1, -0.05) is 54.1 Å². The highest BCUT2D eigenvalue weighted by atomic mass is 35.5. The van der Waals surface area contributed by atoms with E-state index in [1.165, 1.54) is 4.90 Å². The second kappa shape index (κ2) is 9.73. The molecule has 1 aliphatic heterocycles. The molecule has 0 aliphatic carbocycles. The summed E-state index contributed by atoms with van der Waals surface area (Å²) in [6.07, 6.45) is 1.69. The minimum Gasteiger partial charge on any atom is -0.490 e. The number of rotatable bonds is 7. The number of amides is 2. The number of halogens is 1. The van der Waals surface area contributed by atoms with Crippen molar-refractivity contribution >= 4 is 40.6 Å². The number of ether oxygens (including phenoxy) is 2. The van der Waals surface area contributed by atoms with E-state index in [0.717, 1.165) is 23.1 Å². The van der Waals surface area contributed by atoms with Crippen molar-refractivity contribution in [2.75, 3.05) is 13.2 Å². The van der Waals surface area contributed by atoms with E-state index < -0.39 is 0 Å². The third-order valence-corrected chi connectivity index (χ3v) is 5.64. The fourth-order valence-electron chi connectivity index (χ4n) is 2.95. The molecule has 2 amide bonds. The molecular formula is C24H18ClNO4S. The molecule has 3 aromatic carbocycles. The zero-order valence-corrected chi connectivity index (χ0v) is 17.9. The fraction of sp³-hybridized carbons (Fsp3) is 0.0833. The highest BCUT2D eigenvalue weighted by Gasteiger charge is 2.34. The number of carbonyl (C=O) groups excluding carboxylic acids is 2. The van der Waals surface area contributed by atoms with E-state index >= 15 is 0 Å². The molecule has 7 heteroatoms. The van der Waals surface area contributed by atoms with Crippen LogP contribution in [0.4, 0.5) is 4.79 Å². The van der Waals surface area contributed by atoms with Crippen LogP contribution in [-0.2, 0) is 4.79 Å². The van der Waals surface area contributed by atoms with Crippen LogP contribution in [0.5, 0.6) is 17.2 Å². The van der Waals surface area contributed by atoms with Crippen LogP contribution < -0.4 is 9.47 Å². The topological polar surface area (TPSA) is 55.8 Å². The summed E-state index contributed by atoms with van der Waals surface area (Å²) >= 11 is 6.97. The Morgan fingerprint density at radius 2 is 1.65 bits per heavy atom. The van der Waals surface area contributed by atoms with Crippen molar-refractivity contribution in [1.29, 1.82) is 0 Å². The first-order valence-electron chi connectivity index (χ1n) is 9.56. The number of para-hydroxylation sites is 2. The molecule has 1 fully saturated rings. The Kier molecular flexibility index (Phi) is 6.60. The van der Waals surface area contributed by atoms with Gasteiger partial charge < -0.3 is 9.47 Å². The van der Waals surface area contributed by atoms with Crippen LogP contribution in [0.1, 0.15) is 5.56 Å². The molecule has 0 N–H and O–H groups in total. The second-order valence-corrected chi connectivity index (χ2v) is 8.00. The molecular weight excluding hydrogens is 434 g/mol. The highest BCUT2D eigenvalue weighted by molar-refractivity contribution is 8.18. The molecule has 1 saturated heterocycles. The van der Waals surface area contributed by atoms with Crippen molar-refractivity contribution in [3.05, 3.63) is 94.4 Å². The quantitative estimate of drug-likeness (QED) is 0.397. The Hall–Kier alpha value is -3.22. The molecule has 4 rings (SSSR count). The van der Waals surface area contributed by atoms with Gasteiger partial charge in [0.05, 0.1) is 16.5 Å². The summed E-state index contributed by atoms with van der Waals surface area (Å²) in [6, 6.07) is 23.8. The SMILES string of the molecule is O=C1S/C(=C\c2cccc(Oc3ccccc3)c2)C(=O)N1CCOc1ccccc1Cl. The van der Waals surface area contributed by atoms with Gasteiger partial charge in [0.2, 0.25) is 0 Å². The molecule has 5 nitrogen and oxygen atoms in total. The Balaban J connectivity index is 1.41.